The van der Waals surface area contributed by atoms with E-state index in [1.54, 1.807) is 19.8 Å². The fraction of sp³-hybridized carbons (Fsp3) is 0.562. The van der Waals surface area contributed by atoms with E-state index in [-0.39, 0.29) is 0 Å². The van der Waals surface area contributed by atoms with Crippen molar-refractivity contribution in [3.63, 3.8) is 0 Å². The molecule has 1 saturated heterocycles. The first kappa shape index (κ1) is 15.9. The highest BCUT2D eigenvalue weighted by molar-refractivity contribution is 5.82. The number of hydrogen-bond acceptors (Lipinski definition) is 8. The van der Waals surface area contributed by atoms with Gasteiger partial charge in [-0.05, 0) is 18.8 Å². The summed E-state index contributed by atoms with van der Waals surface area (Å²) < 4.78 is 10.4. The van der Waals surface area contributed by atoms with Gasteiger partial charge in [0.05, 0.1) is 12.9 Å². The largest absolute Gasteiger partial charge is 0.384 e. The van der Waals surface area contributed by atoms with Gasteiger partial charge in [0.2, 0.25) is 5.89 Å². The lowest BCUT2D eigenvalue weighted by Gasteiger charge is -2.32. The van der Waals surface area contributed by atoms with Crippen LogP contribution < -0.4 is 4.90 Å². The first-order chi connectivity index (χ1) is 12.3. The van der Waals surface area contributed by atoms with Crippen molar-refractivity contribution in [1.29, 1.82) is 0 Å². The van der Waals surface area contributed by atoms with Crippen LogP contribution in [-0.2, 0) is 17.6 Å². The molecular weight excluding hydrogens is 322 g/mol. The average Bonchev–Trinajstić information content (AvgIpc) is 3.29. The van der Waals surface area contributed by atoms with Crippen LogP contribution in [0.1, 0.15) is 24.6 Å². The molecule has 0 saturated carbocycles. The third kappa shape index (κ3) is 3.46. The van der Waals surface area contributed by atoms with E-state index in [1.165, 1.54) is 0 Å². The number of piperidine rings is 1. The number of nitrogens with zero attached hydrogens (tertiary/aromatic N) is 6. The van der Waals surface area contributed by atoms with Gasteiger partial charge in [-0.25, -0.2) is 15.0 Å². The summed E-state index contributed by atoms with van der Waals surface area (Å²) in [6, 6.07) is 0. The quantitative estimate of drug-likeness (QED) is 0.715. The maximum absolute atomic E-state index is 5.36. The van der Waals surface area contributed by atoms with E-state index in [0.29, 0.717) is 24.6 Å². The molecule has 9 nitrogen and oxygen atoms in total. The zero-order valence-electron chi connectivity index (χ0n) is 14.2. The summed E-state index contributed by atoms with van der Waals surface area (Å²) in [6.45, 7) is 2.50. The van der Waals surface area contributed by atoms with Gasteiger partial charge in [0.15, 0.2) is 17.3 Å². The highest BCUT2D eigenvalue weighted by atomic mass is 16.5. The topological polar surface area (TPSA) is 106 Å². The summed E-state index contributed by atoms with van der Waals surface area (Å²) in [5.74, 6) is 2.92. The molecule has 0 unspecified atom stereocenters. The minimum atomic E-state index is 0.547. The van der Waals surface area contributed by atoms with Gasteiger partial charge in [0, 0.05) is 33.0 Å². The Morgan fingerprint density at radius 2 is 2.16 bits per heavy atom. The Hall–Kier alpha value is -2.55. The fourth-order valence-corrected chi connectivity index (χ4v) is 3.26. The molecule has 0 bridgehead atoms. The molecule has 4 heterocycles. The van der Waals surface area contributed by atoms with Crippen molar-refractivity contribution in [3.05, 3.63) is 24.4 Å². The van der Waals surface area contributed by atoms with Crippen LogP contribution >= 0.6 is 0 Å². The number of fused-ring (bicyclic) bond motifs is 1. The summed E-state index contributed by atoms with van der Waals surface area (Å²) in [5, 5.41) is 4.01. The van der Waals surface area contributed by atoms with Crippen LogP contribution in [0.5, 0.6) is 0 Å². The van der Waals surface area contributed by atoms with E-state index < -0.39 is 0 Å². The van der Waals surface area contributed by atoms with Crippen LogP contribution in [0.15, 0.2) is 17.2 Å². The van der Waals surface area contributed by atoms with E-state index in [1.807, 2.05) is 0 Å². The molecule has 3 aromatic rings. The molecule has 0 aliphatic carbocycles. The lowest BCUT2D eigenvalue weighted by Crippen LogP contribution is -2.35. The van der Waals surface area contributed by atoms with Crippen LogP contribution in [0.3, 0.4) is 0 Å². The highest BCUT2D eigenvalue weighted by Crippen LogP contribution is 2.27. The number of rotatable bonds is 6. The van der Waals surface area contributed by atoms with Gasteiger partial charge >= 0.3 is 0 Å². The third-order valence-corrected chi connectivity index (χ3v) is 4.62. The summed E-state index contributed by atoms with van der Waals surface area (Å²) in [7, 11) is 1.67. The van der Waals surface area contributed by atoms with Crippen molar-refractivity contribution < 1.29 is 9.26 Å². The minimum Gasteiger partial charge on any atom is -0.384 e. The van der Waals surface area contributed by atoms with Crippen LogP contribution in [0, 0.1) is 5.92 Å². The number of H-pyrrole nitrogens is 1. The highest BCUT2D eigenvalue weighted by Gasteiger charge is 2.24. The lowest BCUT2D eigenvalue weighted by atomic mass is 9.93. The second kappa shape index (κ2) is 7.14. The molecule has 1 aliphatic heterocycles. The van der Waals surface area contributed by atoms with Gasteiger partial charge in [0.1, 0.15) is 11.8 Å². The molecule has 1 fully saturated rings. The summed E-state index contributed by atoms with van der Waals surface area (Å²) >= 11 is 0. The Morgan fingerprint density at radius 3 is 3.00 bits per heavy atom. The van der Waals surface area contributed by atoms with Crippen LogP contribution in [-0.4, -0.2) is 56.9 Å². The Kier molecular flexibility index (Phi) is 4.55. The van der Waals surface area contributed by atoms with Gasteiger partial charge in [-0.15, -0.1) is 0 Å². The number of hydrogen-bond donors (Lipinski definition) is 1. The standard InChI is InChI=1S/C16H21N7O2/c1-24-7-4-12-21-13(25-22-12)8-11-2-5-23(6-3-11)16-14-15(18-9-17-14)19-10-20-16/h9-11H,2-8H2,1H3,(H,17,18,19,20). The predicted octanol–water partition coefficient (Wildman–Crippen LogP) is 1.38. The number of methoxy groups -OCH3 is 1. The number of anilines is 1. The molecule has 4 rings (SSSR count). The van der Waals surface area contributed by atoms with E-state index in [2.05, 4.69) is 35.0 Å². The van der Waals surface area contributed by atoms with Gasteiger partial charge in [-0.2, -0.15) is 4.98 Å². The molecule has 0 spiro atoms. The molecule has 9 heteroatoms. The van der Waals surface area contributed by atoms with Crippen molar-refractivity contribution in [1.82, 2.24) is 30.1 Å². The molecule has 0 aromatic carbocycles. The molecule has 25 heavy (non-hydrogen) atoms. The van der Waals surface area contributed by atoms with E-state index >= 15 is 0 Å². The summed E-state index contributed by atoms with van der Waals surface area (Å²) in [5.41, 5.74) is 1.61. The van der Waals surface area contributed by atoms with Crippen LogP contribution in [0.2, 0.25) is 0 Å². The first-order valence-electron chi connectivity index (χ1n) is 8.53. The van der Waals surface area contributed by atoms with Gasteiger partial charge in [-0.1, -0.05) is 5.16 Å². The molecule has 0 atom stereocenters. The summed E-state index contributed by atoms with van der Waals surface area (Å²) in [6.07, 6.45) is 6.88. The lowest BCUT2D eigenvalue weighted by molar-refractivity contribution is 0.199. The smallest absolute Gasteiger partial charge is 0.226 e. The normalized spacial score (nSPS) is 16.0. The van der Waals surface area contributed by atoms with Crippen molar-refractivity contribution >= 4 is 17.0 Å². The number of aromatic nitrogens is 6. The summed E-state index contributed by atoms with van der Waals surface area (Å²) in [4.78, 5) is 22.7. The van der Waals surface area contributed by atoms with E-state index in [4.69, 9.17) is 9.26 Å². The third-order valence-electron chi connectivity index (χ3n) is 4.62. The number of aromatic amines is 1. The van der Waals surface area contributed by atoms with E-state index in [9.17, 15) is 0 Å². The minimum absolute atomic E-state index is 0.547. The SMILES string of the molecule is COCCc1noc(CC2CCN(c3ncnc4nc[nH]c34)CC2)n1. The fourth-order valence-electron chi connectivity index (χ4n) is 3.26. The first-order valence-corrected chi connectivity index (χ1v) is 8.53. The molecule has 132 valence electrons. The Bertz CT molecular complexity index is 823. The predicted molar refractivity (Wildman–Crippen MR) is 90.2 cm³/mol. The van der Waals surface area contributed by atoms with Gasteiger partial charge < -0.3 is 19.1 Å². The van der Waals surface area contributed by atoms with E-state index in [0.717, 1.165) is 55.4 Å². The molecule has 0 amide bonds. The molecule has 1 aliphatic rings. The molecule has 3 aromatic heterocycles. The number of imidazole rings is 1. The Balaban J connectivity index is 1.35. The Labute approximate surface area is 144 Å². The molecular formula is C16H21N7O2. The monoisotopic (exact) mass is 343 g/mol. The van der Waals surface area contributed by atoms with Crippen molar-refractivity contribution in [2.45, 2.75) is 25.7 Å². The van der Waals surface area contributed by atoms with Crippen LogP contribution in [0.4, 0.5) is 5.82 Å². The number of nitrogens with one attached hydrogen (secondary N) is 1. The van der Waals surface area contributed by atoms with Crippen molar-refractivity contribution in [2.24, 2.45) is 5.92 Å². The van der Waals surface area contributed by atoms with Crippen LogP contribution in [0.25, 0.3) is 11.2 Å². The second-order valence-electron chi connectivity index (χ2n) is 6.28. The van der Waals surface area contributed by atoms with Gasteiger partial charge in [-0.3, -0.25) is 0 Å². The van der Waals surface area contributed by atoms with Crippen molar-refractivity contribution in [3.8, 4) is 0 Å². The molecule has 1 N–H and O–H groups in total. The Morgan fingerprint density at radius 1 is 1.28 bits per heavy atom. The zero-order valence-corrected chi connectivity index (χ0v) is 14.2. The zero-order chi connectivity index (χ0) is 17.1. The van der Waals surface area contributed by atoms with Gasteiger partial charge in [0.25, 0.3) is 0 Å². The molecule has 0 radical (unpaired) electrons. The average molecular weight is 343 g/mol. The maximum Gasteiger partial charge on any atom is 0.226 e. The number of ether oxygens (including phenoxy) is 1. The maximum atomic E-state index is 5.36. The van der Waals surface area contributed by atoms with Crippen molar-refractivity contribution in [2.75, 3.05) is 31.7 Å². The second-order valence-corrected chi connectivity index (χ2v) is 6.28.